The molecule has 0 bridgehead atoms. The van der Waals surface area contributed by atoms with Gasteiger partial charge in [0.1, 0.15) is 0 Å². The standard InChI is InChI=1S/C22H27N6O3.C4H9.Sn/c1-4-20(29)25-18-11-16(24-21-22(30)26(3)8-7-23-21)5-6-19(18)28-10-9-27(12-15(28)2)17-13-31-14-17;1-4(2)3;/h4-6,8,11,15,17H,1,9-10,12-14H2,2-3H3,(H,23,24)(H,25,29);1-3H3;/t15-;;/m0../s1. The van der Waals surface area contributed by atoms with Crippen molar-refractivity contribution in [3.05, 3.63) is 47.4 Å². The fourth-order valence-electron chi connectivity index (χ4n) is 4.53. The second-order valence-electron chi connectivity index (χ2n) is 10.5. The molecule has 4 rings (SSSR count). The van der Waals surface area contributed by atoms with Crippen molar-refractivity contribution in [3.8, 4) is 0 Å². The average Bonchev–Trinajstić information content (AvgIpc) is 2.75. The van der Waals surface area contributed by atoms with E-state index in [4.69, 9.17) is 4.74 Å². The minimum absolute atomic E-state index is 0.183. The van der Waals surface area contributed by atoms with Crippen LogP contribution in [0.2, 0.25) is 3.43 Å². The van der Waals surface area contributed by atoms with Crippen LogP contribution in [0.1, 0.15) is 27.7 Å². The Kier molecular flexibility index (Phi) is 8.11. The van der Waals surface area contributed by atoms with E-state index in [2.05, 4.69) is 59.7 Å². The number of carbonyl (C=O) groups is 1. The van der Waals surface area contributed by atoms with Gasteiger partial charge in [-0.15, -0.1) is 0 Å². The summed E-state index contributed by atoms with van der Waals surface area (Å²) in [4.78, 5) is 34.6. The molecule has 2 aliphatic rings. The molecule has 1 aromatic carbocycles. The number of aromatic nitrogens is 2. The van der Waals surface area contributed by atoms with Crippen molar-refractivity contribution in [2.45, 2.75) is 43.2 Å². The first-order valence-electron chi connectivity index (χ1n) is 12.3. The van der Waals surface area contributed by atoms with E-state index in [0.717, 1.165) is 42.2 Å². The molecule has 9 nitrogen and oxygen atoms in total. The number of rotatable bonds is 7. The number of hydrogen-bond acceptors (Lipinski definition) is 7. The number of nitrogens with one attached hydrogen (secondary N) is 2. The predicted molar refractivity (Wildman–Crippen MR) is 146 cm³/mol. The molecule has 2 aromatic rings. The van der Waals surface area contributed by atoms with Gasteiger partial charge in [0.15, 0.2) is 0 Å². The fourth-order valence-corrected chi connectivity index (χ4v) is 7.94. The Morgan fingerprint density at radius 3 is 2.64 bits per heavy atom. The number of piperazine rings is 1. The Balaban J connectivity index is 1.61. The number of nitrogens with zero attached hydrogens (tertiary/aromatic N) is 4. The molecular weight excluding hydrogens is 563 g/mol. The predicted octanol–water partition coefficient (Wildman–Crippen LogP) is 2.11. The molecule has 0 saturated carbocycles. The van der Waals surface area contributed by atoms with Crippen LogP contribution in [0, 0.1) is 0 Å². The van der Waals surface area contributed by atoms with Crippen molar-refractivity contribution < 1.29 is 9.53 Å². The zero-order chi connectivity index (χ0) is 26.0. The van der Waals surface area contributed by atoms with Crippen molar-refractivity contribution in [1.29, 1.82) is 0 Å². The third kappa shape index (κ3) is 6.30. The van der Waals surface area contributed by atoms with Gasteiger partial charge < -0.3 is 4.74 Å². The van der Waals surface area contributed by atoms with Crippen LogP contribution in [0.5, 0.6) is 0 Å². The first-order chi connectivity index (χ1) is 17.0. The van der Waals surface area contributed by atoms with Gasteiger partial charge in [-0.3, -0.25) is 0 Å². The van der Waals surface area contributed by atoms with E-state index in [0.29, 0.717) is 23.2 Å². The Labute approximate surface area is 223 Å². The first kappa shape index (κ1) is 26.7. The SMILES string of the molecule is C=CC(=O)Nc1cc(Nc2n[c]([Sn][C](C)(C)C)cn(C)c2=O)ccc1N1CCN(C2COC2)C[C@@H]1C. The molecule has 1 amide bonds. The van der Waals surface area contributed by atoms with Gasteiger partial charge in [-0.25, -0.2) is 0 Å². The van der Waals surface area contributed by atoms with E-state index in [1.807, 2.05) is 24.4 Å². The topological polar surface area (TPSA) is 91.7 Å². The molecule has 2 N–H and O–H groups in total. The zero-order valence-corrected chi connectivity index (χ0v) is 24.7. The summed E-state index contributed by atoms with van der Waals surface area (Å²) < 4.78 is 8.19. The van der Waals surface area contributed by atoms with Crippen LogP contribution in [0.15, 0.2) is 41.8 Å². The summed E-state index contributed by atoms with van der Waals surface area (Å²) >= 11 is -0.997. The van der Waals surface area contributed by atoms with Crippen LogP contribution in [-0.4, -0.2) is 86.4 Å². The van der Waals surface area contributed by atoms with Gasteiger partial charge in [-0.1, -0.05) is 0 Å². The Morgan fingerprint density at radius 2 is 2.03 bits per heavy atom. The van der Waals surface area contributed by atoms with E-state index >= 15 is 0 Å². The van der Waals surface area contributed by atoms with Crippen LogP contribution < -0.4 is 24.8 Å². The van der Waals surface area contributed by atoms with Crippen molar-refractivity contribution in [2.75, 3.05) is 48.4 Å². The second-order valence-corrected chi connectivity index (χ2v) is 17.0. The summed E-state index contributed by atoms with van der Waals surface area (Å²) in [5.41, 5.74) is 2.14. The monoisotopic (exact) mass is 600 g/mol. The average molecular weight is 599 g/mol. The van der Waals surface area contributed by atoms with Crippen LogP contribution in [0.25, 0.3) is 0 Å². The molecule has 10 heteroatoms. The number of anilines is 4. The molecule has 2 aliphatic heterocycles. The fraction of sp³-hybridized carbons (Fsp3) is 0.500. The molecule has 0 unspecified atom stereocenters. The van der Waals surface area contributed by atoms with Crippen molar-refractivity contribution in [2.24, 2.45) is 7.05 Å². The zero-order valence-electron chi connectivity index (χ0n) is 21.8. The molecular formula is C26H36N6O3Sn. The molecule has 2 saturated heterocycles. The van der Waals surface area contributed by atoms with E-state index in [1.54, 1.807) is 11.6 Å². The molecule has 0 spiro atoms. The van der Waals surface area contributed by atoms with Crippen LogP contribution in [-0.2, 0) is 16.6 Å². The van der Waals surface area contributed by atoms with Crippen molar-refractivity contribution >= 4 is 53.6 Å². The van der Waals surface area contributed by atoms with Crippen molar-refractivity contribution in [3.63, 3.8) is 0 Å². The van der Waals surface area contributed by atoms with Gasteiger partial charge in [0, 0.05) is 0 Å². The number of amides is 1. The van der Waals surface area contributed by atoms with E-state index in [9.17, 15) is 9.59 Å². The summed E-state index contributed by atoms with van der Waals surface area (Å²) in [5.74, 6) is 0.0264. The molecule has 36 heavy (non-hydrogen) atoms. The summed E-state index contributed by atoms with van der Waals surface area (Å²) in [6.07, 6.45) is 3.13. The summed E-state index contributed by atoms with van der Waals surface area (Å²) in [6.45, 7) is 16.8. The minimum atomic E-state index is -0.997. The van der Waals surface area contributed by atoms with Gasteiger partial charge in [-0.05, 0) is 0 Å². The number of carbonyl (C=O) groups excluding carboxylic acids is 1. The van der Waals surface area contributed by atoms with E-state index < -0.39 is 21.1 Å². The van der Waals surface area contributed by atoms with Gasteiger partial charge in [-0.2, -0.15) is 0 Å². The maximum absolute atomic E-state index is 12.8. The van der Waals surface area contributed by atoms with Crippen molar-refractivity contribution in [1.82, 2.24) is 14.5 Å². The van der Waals surface area contributed by atoms with E-state index in [1.165, 1.54) is 6.08 Å². The quantitative estimate of drug-likeness (QED) is 0.373. The van der Waals surface area contributed by atoms with Gasteiger partial charge in [0.05, 0.1) is 19.3 Å². The van der Waals surface area contributed by atoms with E-state index in [-0.39, 0.29) is 20.9 Å². The molecule has 0 aliphatic carbocycles. The van der Waals surface area contributed by atoms with Gasteiger partial charge in [0.2, 0.25) is 0 Å². The van der Waals surface area contributed by atoms with Gasteiger partial charge >= 0.3 is 200 Å². The number of aryl methyl sites for hydroxylation is 1. The number of hydrogen-bond donors (Lipinski definition) is 2. The van der Waals surface area contributed by atoms with Crippen LogP contribution in [0.3, 0.4) is 0 Å². The summed E-state index contributed by atoms with van der Waals surface area (Å²) in [7, 11) is 1.76. The second kappa shape index (κ2) is 10.9. The normalized spacial score (nSPS) is 19.0. The maximum atomic E-state index is 12.8. The molecule has 192 valence electrons. The molecule has 2 radical (unpaired) electrons. The summed E-state index contributed by atoms with van der Waals surface area (Å²) in [6, 6.07) is 6.59. The van der Waals surface area contributed by atoms with Crippen LogP contribution in [0.4, 0.5) is 22.9 Å². The number of ether oxygens (including phenoxy) is 1. The molecule has 3 heterocycles. The van der Waals surface area contributed by atoms with Crippen LogP contribution >= 0.6 is 0 Å². The molecule has 1 atom stereocenters. The first-order valence-corrected chi connectivity index (χ1v) is 15.2. The molecule has 1 aromatic heterocycles. The Bertz CT molecular complexity index is 1190. The number of benzene rings is 1. The Morgan fingerprint density at radius 1 is 1.28 bits per heavy atom. The summed E-state index contributed by atoms with van der Waals surface area (Å²) in [5, 5.41) is 6.18. The van der Waals surface area contributed by atoms with Gasteiger partial charge in [0.25, 0.3) is 0 Å². The third-order valence-electron chi connectivity index (χ3n) is 6.38. The Hall–Kier alpha value is -2.37. The third-order valence-corrected chi connectivity index (χ3v) is 9.94. The molecule has 2 fully saturated rings.